The van der Waals surface area contributed by atoms with E-state index < -0.39 is 18.0 Å². The van der Waals surface area contributed by atoms with Gasteiger partial charge in [-0.3, -0.25) is 0 Å². The molecule has 2 atom stereocenters. The van der Waals surface area contributed by atoms with Crippen LogP contribution in [0, 0.1) is 22.7 Å². The second-order valence-corrected chi connectivity index (χ2v) is 4.21. The SMILES string of the molecule is CC1CCCCC1(C#N)CC(F)(F)F. The second-order valence-electron chi connectivity index (χ2n) is 4.21. The summed E-state index contributed by atoms with van der Waals surface area (Å²) in [6.45, 7) is 1.76. The minimum absolute atomic E-state index is 0.136. The van der Waals surface area contributed by atoms with Crippen LogP contribution in [0.25, 0.3) is 0 Å². The molecule has 1 fully saturated rings. The van der Waals surface area contributed by atoms with Gasteiger partial charge in [-0.25, -0.2) is 0 Å². The van der Waals surface area contributed by atoms with Crippen LogP contribution in [-0.4, -0.2) is 6.18 Å². The Bertz CT molecular complexity index is 241. The van der Waals surface area contributed by atoms with Crippen molar-refractivity contribution < 1.29 is 13.2 Å². The number of nitriles is 1. The molecule has 0 saturated heterocycles. The third kappa shape index (κ3) is 2.40. The Morgan fingerprint density at radius 2 is 2.07 bits per heavy atom. The maximum atomic E-state index is 12.3. The molecule has 0 aromatic rings. The molecule has 0 amide bonds. The van der Waals surface area contributed by atoms with Crippen LogP contribution in [0.5, 0.6) is 0 Å². The molecule has 4 heteroatoms. The molecule has 1 aliphatic rings. The molecule has 0 N–H and O–H groups in total. The van der Waals surface area contributed by atoms with Gasteiger partial charge in [0, 0.05) is 0 Å². The zero-order chi connectivity index (χ0) is 10.8. The lowest BCUT2D eigenvalue weighted by molar-refractivity contribution is -0.160. The first kappa shape index (κ1) is 11.4. The van der Waals surface area contributed by atoms with Crippen molar-refractivity contribution in [2.75, 3.05) is 0 Å². The van der Waals surface area contributed by atoms with Gasteiger partial charge in [0.25, 0.3) is 0 Å². The maximum Gasteiger partial charge on any atom is 0.390 e. The minimum atomic E-state index is -4.22. The number of hydrogen-bond acceptors (Lipinski definition) is 1. The summed E-state index contributed by atoms with van der Waals surface area (Å²) >= 11 is 0. The third-order valence-corrected chi connectivity index (χ3v) is 3.19. The smallest absolute Gasteiger partial charge is 0.198 e. The Morgan fingerprint density at radius 1 is 1.43 bits per heavy atom. The topological polar surface area (TPSA) is 23.8 Å². The van der Waals surface area contributed by atoms with Crippen molar-refractivity contribution in [2.45, 2.75) is 45.2 Å². The van der Waals surface area contributed by atoms with Gasteiger partial charge in [0.15, 0.2) is 0 Å². The number of hydrogen-bond donors (Lipinski definition) is 0. The predicted molar refractivity (Wildman–Crippen MR) is 46.4 cm³/mol. The Kier molecular flexibility index (Phi) is 3.08. The number of halogens is 3. The summed E-state index contributed by atoms with van der Waals surface area (Å²) in [5.41, 5.74) is -1.16. The van der Waals surface area contributed by atoms with E-state index in [9.17, 15) is 13.2 Å². The molecule has 0 aliphatic heterocycles. The normalized spacial score (nSPS) is 33.8. The van der Waals surface area contributed by atoms with E-state index in [1.807, 2.05) is 6.07 Å². The molecule has 1 nitrogen and oxygen atoms in total. The van der Waals surface area contributed by atoms with Crippen LogP contribution in [0.1, 0.15) is 39.0 Å². The Hall–Kier alpha value is -0.720. The minimum Gasteiger partial charge on any atom is -0.198 e. The fraction of sp³-hybridized carbons (Fsp3) is 0.900. The Morgan fingerprint density at radius 3 is 2.50 bits per heavy atom. The van der Waals surface area contributed by atoms with Gasteiger partial charge in [-0.05, 0) is 18.8 Å². The molecule has 1 rings (SSSR count). The first-order chi connectivity index (χ1) is 6.40. The van der Waals surface area contributed by atoms with Crippen LogP contribution in [0.4, 0.5) is 13.2 Å². The van der Waals surface area contributed by atoms with Gasteiger partial charge < -0.3 is 0 Å². The largest absolute Gasteiger partial charge is 0.390 e. The molecule has 0 heterocycles. The third-order valence-electron chi connectivity index (χ3n) is 3.19. The lowest BCUT2D eigenvalue weighted by atomic mass is 9.66. The van der Waals surface area contributed by atoms with E-state index in [-0.39, 0.29) is 5.92 Å². The van der Waals surface area contributed by atoms with Crippen molar-refractivity contribution in [1.29, 1.82) is 5.26 Å². The Balaban J connectivity index is 2.80. The summed E-state index contributed by atoms with van der Waals surface area (Å²) in [4.78, 5) is 0. The van der Waals surface area contributed by atoms with E-state index >= 15 is 0 Å². The van der Waals surface area contributed by atoms with Crippen molar-refractivity contribution in [3.05, 3.63) is 0 Å². The molecule has 0 aromatic carbocycles. The highest BCUT2D eigenvalue weighted by Gasteiger charge is 2.47. The van der Waals surface area contributed by atoms with Crippen LogP contribution in [-0.2, 0) is 0 Å². The van der Waals surface area contributed by atoms with Crippen molar-refractivity contribution in [2.24, 2.45) is 11.3 Å². The molecule has 1 aliphatic carbocycles. The summed E-state index contributed by atoms with van der Waals surface area (Å²) in [5.74, 6) is -0.136. The van der Waals surface area contributed by atoms with E-state index in [0.717, 1.165) is 19.3 Å². The number of rotatable bonds is 1. The van der Waals surface area contributed by atoms with Gasteiger partial charge >= 0.3 is 6.18 Å². The van der Waals surface area contributed by atoms with Gasteiger partial charge in [0.2, 0.25) is 0 Å². The van der Waals surface area contributed by atoms with E-state index in [2.05, 4.69) is 0 Å². The van der Waals surface area contributed by atoms with Crippen molar-refractivity contribution in [1.82, 2.24) is 0 Å². The molecular formula is C10H14F3N. The molecule has 2 unspecified atom stereocenters. The second kappa shape index (κ2) is 3.80. The zero-order valence-electron chi connectivity index (χ0n) is 8.19. The van der Waals surface area contributed by atoms with Gasteiger partial charge in [-0.1, -0.05) is 19.8 Å². The van der Waals surface area contributed by atoms with Crippen molar-refractivity contribution in [3.8, 4) is 6.07 Å². The molecule has 0 bridgehead atoms. The van der Waals surface area contributed by atoms with Crippen LogP contribution in [0.3, 0.4) is 0 Å². The molecular weight excluding hydrogens is 191 g/mol. The van der Waals surface area contributed by atoms with Crippen molar-refractivity contribution >= 4 is 0 Å². The van der Waals surface area contributed by atoms with Crippen LogP contribution >= 0.6 is 0 Å². The van der Waals surface area contributed by atoms with Gasteiger partial charge in [0.1, 0.15) is 0 Å². The van der Waals surface area contributed by atoms with Gasteiger partial charge in [0.05, 0.1) is 17.9 Å². The fourth-order valence-electron chi connectivity index (χ4n) is 2.24. The summed E-state index contributed by atoms with van der Waals surface area (Å²) in [6.07, 6.45) is -2.34. The lowest BCUT2D eigenvalue weighted by Crippen LogP contribution is -2.35. The fourth-order valence-corrected chi connectivity index (χ4v) is 2.24. The molecule has 0 spiro atoms. The predicted octanol–water partition coefficient (Wildman–Crippen LogP) is 3.66. The quantitative estimate of drug-likeness (QED) is 0.640. The highest BCUT2D eigenvalue weighted by Crippen LogP contribution is 2.47. The average molecular weight is 205 g/mol. The van der Waals surface area contributed by atoms with Crippen LogP contribution < -0.4 is 0 Å². The Labute approximate surface area is 81.9 Å². The molecule has 0 radical (unpaired) electrons. The summed E-state index contributed by atoms with van der Waals surface area (Å²) in [5, 5.41) is 8.93. The molecule has 80 valence electrons. The van der Waals surface area contributed by atoms with Crippen LogP contribution in [0.15, 0.2) is 0 Å². The van der Waals surface area contributed by atoms with E-state index in [1.165, 1.54) is 0 Å². The summed E-state index contributed by atoms with van der Waals surface area (Å²) < 4.78 is 36.9. The average Bonchev–Trinajstić information content (AvgIpc) is 2.07. The molecule has 1 saturated carbocycles. The zero-order valence-corrected chi connectivity index (χ0v) is 8.19. The van der Waals surface area contributed by atoms with E-state index in [4.69, 9.17) is 5.26 Å². The summed E-state index contributed by atoms with van der Waals surface area (Å²) in [6, 6.07) is 1.90. The highest BCUT2D eigenvalue weighted by atomic mass is 19.4. The van der Waals surface area contributed by atoms with Gasteiger partial charge in [-0.15, -0.1) is 0 Å². The monoisotopic (exact) mass is 205 g/mol. The first-order valence-electron chi connectivity index (χ1n) is 4.88. The van der Waals surface area contributed by atoms with E-state index in [1.54, 1.807) is 6.92 Å². The standard InChI is InChI=1S/C10H14F3N/c1-8-4-2-3-5-9(8,7-14)6-10(11,12)13/h8H,2-6H2,1H3. The van der Waals surface area contributed by atoms with Gasteiger partial charge in [-0.2, -0.15) is 18.4 Å². The summed E-state index contributed by atoms with van der Waals surface area (Å²) in [7, 11) is 0. The number of nitrogens with zero attached hydrogens (tertiary/aromatic N) is 1. The highest BCUT2D eigenvalue weighted by molar-refractivity contribution is 5.04. The number of alkyl halides is 3. The first-order valence-corrected chi connectivity index (χ1v) is 4.88. The lowest BCUT2D eigenvalue weighted by Gasteiger charge is -2.37. The maximum absolute atomic E-state index is 12.3. The van der Waals surface area contributed by atoms with E-state index in [0.29, 0.717) is 6.42 Å². The van der Waals surface area contributed by atoms with Crippen molar-refractivity contribution in [3.63, 3.8) is 0 Å². The molecule has 0 aromatic heterocycles. The molecule has 14 heavy (non-hydrogen) atoms. The van der Waals surface area contributed by atoms with Crippen LogP contribution in [0.2, 0.25) is 0 Å².